The minimum atomic E-state index is -0.455. The molecular formula is C18H22N4O3. The van der Waals surface area contributed by atoms with Crippen LogP contribution in [0.3, 0.4) is 0 Å². The Morgan fingerprint density at radius 1 is 1.28 bits per heavy atom. The molecule has 1 unspecified atom stereocenters. The van der Waals surface area contributed by atoms with Gasteiger partial charge in [0.2, 0.25) is 5.91 Å². The molecule has 0 spiro atoms. The third-order valence-corrected chi connectivity index (χ3v) is 4.42. The van der Waals surface area contributed by atoms with Crippen molar-refractivity contribution in [3.63, 3.8) is 0 Å². The van der Waals surface area contributed by atoms with Gasteiger partial charge in [0.1, 0.15) is 6.04 Å². The highest BCUT2D eigenvalue weighted by molar-refractivity contribution is 5.99. The SMILES string of the molecule is COC(=O)c1ccc(N2CCCC2)c(NC(=O)C(C)n2cccn2)c1. The van der Waals surface area contributed by atoms with Gasteiger partial charge >= 0.3 is 5.97 Å². The van der Waals surface area contributed by atoms with Crippen LogP contribution in [0.15, 0.2) is 36.7 Å². The molecule has 7 nitrogen and oxygen atoms in total. The minimum Gasteiger partial charge on any atom is -0.465 e. The summed E-state index contributed by atoms with van der Waals surface area (Å²) in [7, 11) is 1.34. The molecule has 2 aromatic rings. The van der Waals surface area contributed by atoms with Crippen LogP contribution in [0.5, 0.6) is 0 Å². The lowest BCUT2D eigenvalue weighted by atomic mass is 10.1. The highest BCUT2D eigenvalue weighted by atomic mass is 16.5. The van der Waals surface area contributed by atoms with Gasteiger partial charge in [-0.2, -0.15) is 5.10 Å². The molecule has 1 fully saturated rings. The predicted octanol–water partition coefficient (Wildman–Crippen LogP) is 2.47. The molecule has 1 aliphatic rings. The number of hydrogen-bond donors (Lipinski definition) is 1. The van der Waals surface area contributed by atoms with E-state index in [-0.39, 0.29) is 5.91 Å². The van der Waals surface area contributed by atoms with Gasteiger partial charge < -0.3 is 15.0 Å². The van der Waals surface area contributed by atoms with E-state index in [1.54, 1.807) is 42.2 Å². The molecule has 0 radical (unpaired) electrons. The van der Waals surface area contributed by atoms with Gasteiger partial charge in [-0.1, -0.05) is 0 Å². The lowest BCUT2D eigenvalue weighted by molar-refractivity contribution is -0.119. The molecule has 7 heteroatoms. The molecule has 132 valence electrons. The number of carbonyl (C=O) groups excluding carboxylic acids is 2. The molecule has 1 amide bonds. The third-order valence-electron chi connectivity index (χ3n) is 4.42. The zero-order valence-corrected chi connectivity index (χ0v) is 14.4. The highest BCUT2D eigenvalue weighted by Crippen LogP contribution is 2.31. The van der Waals surface area contributed by atoms with Gasteiger partial charge in [0, 0.05) is 25.5 Å². The number of carbonyl (C=O) groups is 2. The first kappa shape index (κ1) is 17.0. The summed E-state index contributed by atoms with van der Waals surface area (Å²) in [5.41, 5.74) is 1.95. The largest absolute Gasteiger partial charge is 0.465 e. The second-order valence-corrected chi connectivity index (χ2v) is 6.07. The van der Waals surface area contributed by atoms with Crippen LogP contribution >= 0.6 is 0 Å². The molecule has 0 aliphatic carbocycles. The Kier molecular flexibility index (Phi) is 5.02. The zero-order valence-electron chi connectivity index (χ0n) is 14.4. The second kappa shape index (κ2) is 7.38. The standard InChI is InChI=1S/C18H22N4O3/c1-13(22-11-5-8-19-22)17(23)20-15-12-14(18(24)25-2)6-7-16(15)21-9-3-4-10-21/h5-8,11-13H,3-4,9-10H2,1-2H3,(H,20,23). The number of benzene rings is 1. The van der Waals surface area contributed by atoms with Crippen molar-refractivity contribution < 1.29 is 14.3 Å². The Hall–Kier alpha value is -2.83. The van der Waals surface area contributed by atoms with E-state index in [0.29, 0.717) is 11.3 Å². The number of anilines is 2. The maximum atomic E-state index is 12.6. The quantitative estimate of drug-likeness (QED) is 0.845. The Morgan fingerprint density at radius 2 is 2.04 bits per heavy atom. The van der Waals surface area contributed by atoms with Gasteiger partial charge in [0.15, 0.2) is 0 Å². The summed E-state index contributed by atoms with van der Waals surface area (Å²) < 4.78 is 6.38. The van der Waals surface area contributed by atoms with Crippen LogP contribution in [-0.2, 0) is 9.53 Å². The number of hydrogen-bond acceptors (Lipinski definition) is 5. The van der Waals surface area contributed by atoms with Crippen LogP contribution in [0.1, 0.15) is 36.2 Å². The third kappa shape index (κ3) is 3.65. The van der Waals surface area contributed by atoms with Crippen molar-refractivity contribution in [1.29, 1.82) is 0 Å². The van der Waals surface area contributed by atoms with E-state index >= 15 is 0 Å². The number of nitrogens with one attached hydrogen (secondary N) is 1. The molecular weight excluding hydrogens is 320 g/mol. The van der Waals surface area contributed by atoms with E-state index in [2.05, 4.69) is 15.3 Å². The Labute approximate surface area is 146 Å². The van der Waals surface area contributed by atoms with Crippen molar-refractivity contribution in [3.8, 4) is 0 Å². The number of rotatable bonds is 5. The van der Waals surface area contributed by atoms with Gasteiger partial charge in [-0.15, -0.1) is 0 Å². The molecule has 1 atom stereocenters. The molecule has 1 aliphatic heterocycles. The maximum absolute atomic E-state index is 12.6. The fourth-order valence-electron chi connectivity index (χ4n) is 2.98. The summed E-state index contributed by atoms with van der Waals surface area (Å²) in [6.45, 7) is 3.66. The summed E-state index contributed by atoms with van der Waals surface area (Å²) in [5, 5.41) is 7.05. The summed E-state index contributed by atoms with van der Waals surface area (Å²) in [5.74, 6) is -0.616. The summed E-state index contributed by atoms with van der Waals surface area (Å²) in [6.07, 6.45) is 5.62. The highest BCUT2D eigenvalue weighted by Gasteiger charge is 2.21. The average molecular weight is 342 g/mol. The fourth-order valence-corrected chi connectivity index (χ4v) is 2.98. The van der Waals surface area contributed by atoms with Crippen LogP contribution in [0.4, 0.5) is 11.4 Å². The van der Waals surface area contributed by atoms with E-state index in [0.717, 1.165) is 31.6 Å². The molecule has 1 N–H and O–H groups in total. The number of methoxy groups -OCH3 is 1. The van der Waals surface area contributed by atoms with Gasteiger partial charge in [-0.25, -0.2) is 4.79 Å². The average Bonchev–Trinajstić information content (AvgIpc) is 3.33. The van der Waals surface area contributed by atoms with Gasteiger partial charge in [0.05, 0.1) is 24.0 Å². The van der Waals surface area contributed by atoms with Crippen molar-refractivity contribution in [2.24, 2.45) is 0 Å². The Bertz CT molecular complexity index is 752. The van der Waals surface area contributed by atoms with E-state index in [4.69, 9.17) is 4.74 Å². The Morgan fingerprint density at radius 3 is 2.68 bits per heavy atom. The van der Waals surface area contributed by atoms with Crippen LogP contribution in [0.2, 0.25) is 0 Å². The maximum Gasteiger partial charge on any atom is 0.337 e. The summed E-state index contributed by atoms with van der Waals surface area (Å²) in [6, 6.07) is 6.59. The first-order chi connectivity index (χ1) is 12.1. The number of ether oxygens (including phenoxy) is 1. The smallest absolute Gasteiger partial charge is 0.337 e. The topological polar surface area (TPSA) is 76.5 Å². The second-order valence-electron chi connectivity index (χ2n) is 6.07. The molecule has 25 heavy (non-hydrogen) atoms. The van der Waals surface area contributed by atoms with Crippen LogP contribution in [0, 0.1) is 0 Å². The van der Waals surface area contributed by atoms with Crippen LogP contribution in [-0.4, -0.2) is 41.9 Å². The Balaban J connectivity index is 1.88. The molecule has 1 aromatic heterocycles. The lowest BCUT2D eigenvalue weighted by Crippen LogP contribution is -2.26. The number of esters is 1. The van der Waals surface area contributed by atoms with Gasteiger partial charge in [-0.05, 0) is 44.0 Å². The van der Waals surface area contributed by atoms with E-state index in [1.165, 1.54) is 7.11 Å². The van der Waals surface area contributed by atoms with Crippen molar-refractivity contribution >= 4 is 23.3 Å². The molecule has 2 heterocycles. The van der Waals surface area contributed by atoms with Crippen molar-refractivity contribution in [2.75, 3.05) is 30.4 Å². The summed E-state index contributed by atoms with van der Waals surface area (Å²) in [4.78, 5) is 26.7. The van der Waals surface area contributed by atoms with Crippen molar-refractivity contribution in [3.05, 3.63) is 42.2 Å². The molecule has 1 saturated heterocycles. The van der Waals surface area contributed by atoms with Crippen molar-refractivity contribution in [2.45, 2.75) is 25.8 Å². The van der Waals surface area contributed by atoms with E-state index in [1.807, 2.05) is 6.07 Å². The predicted molar refractivity (Wildman–Crippen MR) is 94.8 cm³/mol. The molecule has 0 bridgehead atoms. The lowest BCUT2D eigenvalue weighted by Gasteiger charge is -2.23. The number of nitrogens with zero attached hydrogens (tertiary/aromatic N) is 3. The zero-order chi connectivity index (χ0) is 17.8. The molecule has 1 aromatic carbocycles. The minimum absolute atomic E-state index is 0.189. The number of amides is 1. The number of aromatic nitrogens is 2. The van der Waals surface area contributed by atoms with Crippen LogP contribution < -0.4 is 10.2 Å². The molecule has 3 rings (SSSR count). The summed E-state index contributed by atoms with van der Waals surface area (Å²) >= 11 is 0. The molecule has 0 saturated carbocycles. The van der Waals surface area contributed by atoms with Gasteiger partial charge in [-0.3, -0.25) is 9.48 Å². The normalized spacial score (nSPS) is 15.0. The fraction of sp³-hybridized carbons (Fsp3) is 0.389. The first-order valence-corrected chi connectivity index (χ1v) is 8.37. The first-order valence-electron chi connectivity index (χ1n) is 8.37. The van der Waals surface area contributed by atoms with Gasteiger partial charge in [0.25, 0.3) is 0 Å². The monoisotopic (exact) mass is 342 g/mol. The van der Waals surface area contributed by atoms with Crippen molar-refractivity contribution in [1.82, 2.24) is 9.78 Å². The van der Waals surface area contributed by atoms with E-state index < -0.39 is 12.0 Å². The van der Waals surface area contributed by atoms with Crippen LogP contribution in [0.25, 0.3) is 0 Å². The van der Waals surface area contributed by atoms with E-state index in [9.17, 15) is 9.59 Å².